The van der Waals surface area contributed by atoms with Crippen LogP contribution in [0.4, 0.5) is 0 Å². The van der Waals surface area contributed by atoms with Gasteiger partial charge in [0.2, 0.25) is 5.91 Å². The summed E-state index contributed by atoms with van der Waals surface area (Å²) in [7, 11) is 0. The van der Waals surface area contributed by atoms with Gasteiger partial charge in [-0.15, -0.1) is 24.8 Å². The highest BCUT2D eigenvalue weighted by Crippen LogP contribution is 2.31. The van der Waals surface area contributed by atoms with Crippen molar-refractivity contribution in [2.45, 2.75) is 52.6 Å². The average Bonchev–Trinajstić information content (AvgIpc) is 3.09. The minimum Gasteiger partial charge on any atom is -0.352 e. The second kappa shape index (κ2) is 12.0. The lowest BCUT2D eigenvalue weighted by Gasteiger charge is -2.35. The molecule has 1 aromatic carbocycles. The van der Waals surface area contributed by atoms with Gasteiger partial charge in [-0.25, -0.2) is 0 Å². The number of nitrogens with one attached hydrogen (secondary N) is 1. The van der Waals surface area contributed by atoms with Crippen LogP contribution in [-0.4, -0.2) is 30.4 Å². The molecule has 6 heteroatoms. The van der Waals surface area contributed by atoms with Crippen molar-refractivity contribution in [3.05, 3.63) is 35.4 Å². The lowest BCUT2D eigenvalue weighted by molar-refractivity contribution is -0.126. The topological polar surface area (TPSA) is 58.4 Å². The number of likely N-dealkylation sites (tertiary alicyclic amines) is 1. The minimum atomic E-state index is 0. The van der Waals surface area contributed by atoms with Crippen LogP contribution in [0.5, 0.6) is 0 Å². The molecule has 4 nitrogen and oxygen atoms in total. The van der Waals surface area contributed by atoms with Gasteiger partial charge in [0.1, 0.15) is 0 Å². The van der Waals surface area contributed by atoms with Crippen molar-refractivity contribution in [2.24, 2.45) is 29.4 Å². The monoisotopic (exact) mass is 429 g/mol. The van der Waals surface area contributed by atoms with Gasteiger partial charge in [0.25, 0.3) is 0 Å². The molecular weight excluding hydrogens is 393 g/mol. The van der Waals surface area contributed by atoms with Crippen LogP contribution in [0.1, 0.15) is 50.7 Å². The number of benzene rings is 1. The summed E-state index contributed by atoms with van der Waals surface area (Å²) in [5.74, 6) is 2.25. The summed E-state index contributed by atoms with van der Waals surface area (Å²) in [5.41, 5.74) is 8.33. The summed E-state index contributed by atoms with van der Waals surface area (Å²) in [5, 5.41) is 3.11. The van der Waals surface area contributed by atoms with Gasteiger partial charge in [0.15, 0.2) is 0 Å². The van der Waals surface area contributed by atoms with E-state index in [1.54, 1.807) is 0 Å². The Kier molecular flexibility index (Phi) is 10.8. The van der Waals surface area contributed by atoms with Crippen LogP contribution in [0.3, 0.4) is 0 Å². The van der Waals surface area contributed by atoms with E-state index in [1.165, 1.54) is 30.6 Å². The number of hydrogen-bond donors (Lipinski definition) is 2. The highest BCUT2D eigenvalue weighted by molar-refractivity contribution is 5.85. The molecule has 1 aliphatic carbocycles. The largest absolute Gasteiger partial charge is 0.352 e. The summed E-state index contributed by atoms with van der Waals surface area (Å²) in [6.45, 7) is 9.38. The third-order valence-electron chi connectivity index (χ3n) is 6.14. The molecule has 0 radical (unpaired) electrons. The molecule has 0 spiro atoms. The Morgan fingerprint density at radius 2 is 1.68 bits per heavy atom. The van der Waals surface area contributed by atoms with E-state index in [0.29, 0.717) is 19.0 Å². The lowest BCUT2D eigenvalue weighted by Crippen LogP contribution is -2.38. The molecule has 28 heavy (non-hydrogen) atoms. The van der Waals surface area contributed by atoms with E-state index in [1.807, 2.05) is 0 Å². The number of hydrogen-bond acceptors (Lipinski definition) is 3. The molecule has 0 aromatic heterocycles. The maximum atomic E-state index is 12.4. The van der Waals surface area contributed by atoms with Crippen molar-refractivity contribution in [1.82, 2.24) is 10.2 Å². The Morgan fingerprint density at radius 1 is 1.07 bits per heavy atom. The second-order valence-corrected chi connectivity index (χ2v) is 8.71. The smallest absolute Gasteiger partial charge is 0.223 e. The molecule has 1 saturated carbocycles. The molecule has 3 rings (SSSR count). The molecule has 1 aromatic rings. The van der Waals surface area contributed by atoms with Crippen molar-refractivity contribution >= 4 is 30.7 Å². The Balaban J connectivity index is 0.00000196. The first-order chi connectivity index (χ1) is 12.5. The van der Waals surface area contributed by atoms with Gasteiger partial charge in [-0.1, -0.05) is 44.5 Å². The number of rotatable bonds is 6. The highest BCUT2D eigenvalue weighted by Gasteiger charge is 2.31. The molecule has 160 valence electrons. The van der Waals surface area contributed by atoms with Crippen LogP contribution in [0.2, 0.25) is 0 Å². The molecule has 1 heterocycles. The van der Waals surface area contributed by atoms with E-state index in [-0.39, 0.29) is 36.6 Å². The van der Waals surface area contributed by atoms with E-state index in [4.69, 9.17) is 5.73 Å². The van der Waals surface area contributed by atoms with Crippen LogP contribution < -0.4 is 11.1 Å². The van der Waals surface area contributed by atoms with E-state index in [2.05, 4.69) is 48.3 Å². The van der Waals surface area contributed by atoms with Gasteiger partial charge in [0.05, 0.1) is 0 Å². The normalized spacial score (nSPS) is 27.5. The molecule has 1 saturated heterocycles. The molecule has 2 aliphatic rings. The van der Waals surface area contributed by atoms with Gasteiger partial charge in [0, 0.05) is 32.1 Å². The summed E-state index contributed by atoms with van der Waals surface area (Å²) < 4.78 is 0. The maximum Gasteiger partial charge on any atom is 0.223 e. The second-order valence-electron chi connectivity index (χ2n) is 8.71. The Hall–Kier alpha value is -0.810. The molecule has 2 fully saturated rings. The molecule has 1 amide bonds. The zero-order valence-electron chi connectivity index (χ0n) is 17.2. The van der Waals surface area contributed by atoms with Crippen molar-refractivity contribution < 1.29 is 4.79 Å². The lowest BCUT2D eigenvalue weighted by atomic mass is 9.91. The van der Waals surface area contributed by atoms with Crippen LogP contribution in [0, 0.1) is 23.7 Å². The molecule has 3 N–H and O–H groups in total. The first-order valence-corrected chi connectivity index (χ1v) is 10.3. The fourth-order valence-corrected chi connectivity index (χ4v) is 4.93. The summed E-state index contributed by atoms with van der Waals surface area (Å²) in [6, 6.07) is 8.73. The minimum absolute atomic E-state index is 0. The SMILES string of the molecule is CC1CC(C)CN(Cc2ccc(CNC(=O)[C@@H]3CCC[C@@H]3CN)cc2)C1.Cl.Cl. The van der Waals surface area contributed by atoms with Crippen LogP contribution in [0.15, 0.2) is 24.3 Å². The average molecular weight is 430 g/mol. The standard InChI is InChI=1S/C22H35N3O.2ClH/c1-16-10-17(2)14-25(13-16)15-19-8-6-18(7-9-19)12-24-22(26)21-5-3-4-20(21)11-23;;/h6-9,16-17,20-21H,3-5,10-15,23H2,1-2H3,(H,24,26);2*1H/t16?,17?,20-,21-;;/m1../s1. The molecular formula is C22H37Cl2N3O. The number of piperidine rings is 1. The number of carbonyl (C=O) groups is 1. The Morgan fingerprint density at radius 3 is 2.29 bits per heavy atom. The highest BCUT2D eigenvalue weighted by atomic mass is 35.5. The predicted octanol–water partition coefficient (Wildman–Crippen LogP) is 4.00. The summed E-state index contributed by atoms with van der Waals surface area (Å²) >= 11 is 0. The van der Waals surface area contributed by atoms with Crippen molar-refractivity contribution in [3.8, 4) is 0 Å². The van der Waals surface area contributed by atoms with Gasteiger partial charge >= 0.3 is 0 Å². The van der Waals surface area contributed by atoms with Gasteiger partial charge in [-0.05, 0) is 54.7 Å². The molecule has 2 unspecified atom stereocenters. The number of nitrogens with zero attached hydrogens (tertiary/aromatic N) is 1. The molecule has 4 atom stereocenters. The summed E-state index contributed by atoms with van der Waals surface area (Å²) in [4.78, 5) is 15.0. The van der Waals surface area contributed by atoms with Crippen molar-refractivity contribution in [3.63, 3.8) is 0 Å². The number of nitrogens with two attached hydrogens (primary N) is 1. The number of amides is 1. The third-order valence-corrected chi connectivity index (χ3v) is 6.14. The third kappa shape index (κ3) is 6.91. The first-order valence-electron chi connectivity index (χ1n) is 10.3. The van der Waals surface area contributed by atoms with Crippen molar-refractivity contribution in [1.29, 1.82) is 0 Å². The van der Waals surface area contributed by atoms with E-state index >= 15 is 0 Å². The van der Waals surface area contributed by atoms with Gasteiger partial charge in [-0.3, -0.25) is 9.69 Å². The Labute approximate surface area is 182 Å². The fraction of sp³-hybridized carbons (Fsp3) is 0.682. The van der Waals surface area contributed by atoms with E-state index in [0.717, 1.165) is 37.6 Å². The summed E-state index contributed by atoms with van der Waals surface area (Å²) in [6.07, 6.45) is 4.56. The maximum absolute atomic E-state index is 12.4. The fourth-order valence-electron chi connectivity index (χ4n) is 4.93. The first kappa shape index (κ1) is 25.2. The van der Waals surface area contributed by atoms with Crippen molar-refractivity contribution in [2.75, 3.05) is 19.6 Å². The van der Waals surface area contributed by atoms with E-state index < -0.39 is 0 Å². The van der Waals surface area contributed by atoms with Crippen LogP contribution in [0.25, 0.3) is 0 Å². The van der Waals surface area contributed by atoms with E-state index in [9.17, 15) is 4.79 Å². The quantitative estimate of drug-likeness (QED) is 0.717. The van der Waals surface area contributed by atoms with Crippen LogP contribution >= 0.6 is 24.8 Å². The number of carbonyl (C=O) groups excluding carboxylic acids is 1. The Bertz CT molecular complexity index is 586. The van der Waals surface area contributed by atoms with Gasteiger partial charge < -0.3 is 11.1 Å². The molecule has 0 bridgehead atoms. The zero-order valence-corrected chi connectivity index (χ0v) is 18.9. The van der Waals surface area contributed by atoms with Crippen LogP contribution in [-0.2, 0) is 17.9 Å². The van der Waals surface area contributed by atoms with Gasteiger partial charge in [-0.2, -0.15) is 0 Å². The molecule has 1 aliphatic heterocycles. The number of halogens is 2. The zero-order chi connectivity index (χ0) is 18.5. The predicted molar refractivity (Wildman–Crippen MR) is 121 cm³/mol.